The third-order valence-electron chi connectivity index (χ3n) is 2.55. The molecule has 0 aliphatic carbocycles. The van der Waals surface area contributed by atoms with Crippen LogP contribution in [0, 0.1) is 0 Å². The molecule has 0 amide bonds. The first-order valence-electron chi connectivity index (χ1n) is 5.70. The molecule has 7 nitrogen and oxygen atoms in total. The zero-order valence-corrected chi connectivity index (χ0v) is 11.6. The van der Waals surface area contributed by atoms with Crippen molar-refractivity contribution in [3.63, 3.8) is 0 Å². The van der Waals surface area contributed by atoms with Gasteiger partial charge in [-0.2, -0.15) is 4.98 Å². The van der Waals surface area contributed by atoms with Crippen LogP contribution in [-0.4, -0.2) is 25.5 Å². The van der Waals surface area contributed by atoms with E-state index in [2.05, 4.69) is 15.3 Å². The van der Waals surface area contributed by atoms with Crippen LogP contribution >= 0.6 is 0 Å². The lowest BCUT2D eigenvalue weighted by Gasteiger charge is -2.07. The fourth-order valence-corrected chi connectivity index (χ4v) is 2.04. The Morgan fingerprint density at radius 3 is 2.55 bits per heavy atom. The summed E-state index contributed by atoms with van der Waals surface area (Å²) in [6.45, 7) is 0.479. The number of anilines is 1. The number of hydrogen-bond donors (Lipinski definition) is 2. The fraction of sp³-hybridized carbons (Fsp3) is 0.167. The van der Waals surface area contributed by atoms with Gasteiger partial charge in [0, 0.05) is 6.54 Å². The van der Waals surface area contributed by atoms with E-state index in [0.717, 1.165) is 5.56 Å². The standard InChI is InChI=1S/C12H14N4O3S/c1-19-12-8-14-7-11(16-12)15-6-9-2-4-10(5-3-9)20(13,17)18/h2-5,7-8H,6H2,1H3,(H,15,16)(H2,13,17,18). The summed E-state index contributed by atoms with van der Waals surface area (Å²) in [5.41, 5.74) is 0.891. The van der Waals surface area contributed by atoms with Crippen molar-refractivity contribution in [3.05, 3.63) is 42.2 Å². The summed E-state index contributed by atoms with van der Waals surface area (Å²) in [7, 11) is -2.14. The lowest BCUT2D eigenvalue weighted by atomic mass is 10.2. The number of benzene rings is 1. The van der Waals surface area contributed by atoms with E-state index >= 15 is 0 Å². The predicted octanol–water partition coefficient (Wildman–Crippen LogP) is 0.745. The van der Waals surface area contributed by atoms with Gasteiger partial charge in [0.2, 0.25) is 15.9 Å². The Labute approximate surface area is 116 Å². The molecule has 3 N–H and O–H groups in total. The molecule has 1 aromatic carbocycles. The molecule has 0 aliphatic rings. The summed E-state index contributed by atoms with van der Waals surface area (Å²) in [5, 5.41) is 8.09. The third-order valence-corrected chi connectivity index (χ3v) is 3.48. The Balaban J connectivity index is 2.04. The summed E-state index contributed by atoms with van der Waals surface area (Å²) in [5.74, 6) is 0.986. The Bertz CT molecular complexity index is 686. The molecule has 0 spiro atoms. The second-order valence-corrected chi connectivity index (χ2v) is 5.55. The molecule has 0 unspecified atom stereocenters. The van der Waals surface area contributed by atoms with E-state index in [1.165, 1.54) is 25.4 Å². The van der Waals surface area contributed by atoms with Crippen molar-refractivity contribution in [3.8, 4) is 5.88 Å². The lowest BCUT2D eigenvalue weighted by Crippen LogP contribution is -2.12. The highest BCUT2D eigenvalue weighted by Crippen LogP contribution is 2.12. The maximum atomic E-state index is 11.1. The lowest BCUT2D eigenvalue weighted by molar-refractivity contribution is 0.396. The molecule has 0 saturated heterocycles. The smallest absolute Gasteiger partial charge is 0.238 e. The first-order valence-corrected chi connectivity index (χ1v) is 7.25. The SMILES string of the molecule is COc1cncc(NCc2ccc(S(N)(=O)=O)cc2)n1. The molecule has 20 heavy (non-hydrogen) atoms. The van der Waals surface area contributed by atoms with Gasteiger partial charge in [-0.25, -0.2) is 13.6 Å². The van der Waals surface area contributed by atoms with Gasteiger partial charge in [-0.15, -0.1) is 0 Å². The maximum absolute atomic E-state index is 11.1. The van der Waals surface area contributed by atoms with Gasteiger partial charge in [0.05, 0.1) is 24.4 Å². The van der Waals surface area contributed by atoms with Crippen molar-refractivity contribution in [2.75, 3.05) is 12.4 Å². The third kappa shape index (κ3) is 3.65. The molecule has 106 valence electrons. The van der Waals surface area contributed by atoms with Crippen molar-refractivity contribution < 1.29 is 13.2 Å². The number of methoxy groups -OCH3 is 1. The van der Waals surface area contributed by atoms with E-state index in [9.17, 15) is 8.42 Å². The zero-order valence-electron chi connectivity index (χ0n) is 10.8. The monoisotopic (exact) mass is 294 g/mol. The normalized spacial score (nSPS) is 11.1. The van der Waals surface area contributed by atoms with Gasteiger partial charge < -0.3 is 10.1 Å². The second kappa shape index (κ2) is 5.85. The van der Waals surface area contributed by atoms with Gasteiger partial charge >= 0.3 is 0 Å². The van der Waals surface area contributed by atoms with E-state index in [4.69, 9.17) is 9.88 Å². The first kappa shape index (κ1) is 14.2. The molecule has 0 saturated carbocycles. The summed E-state index contributed by atoms with van der Waals surface area (Å²) in [6.07, 6.45) is 3.08. The molecule has 0 fully saturated rings. The zero-order chi connectivity index (χ0) is 14.6. The number of nitrogens with two attached hydrogens (primary N) is 1. The average Bonchev–Trinajstić information content (AvgIpc) is 2.45. The van der Waals surface area contributed by atoms with E-state index in [1.54, 1.807) is 18.3 Å². The minimum Gasteiger partial charge on any atom is -0.480 e. The van der Waals surface area contributed by atoms with Crippen molar-refractivity contribution in [2.45, 2.75) is 11.4 Å². The van der Waals surface area contributed by atoms with Crippen LogP contribution in [0.1, 0.15) is 5.56 Å². The van der Waals surface area contributed by atoms with Gasteiger partial charge in [0.25, 0.3) is 0 Å². The average molecular weight is 294 g/mol. The quantitative estimate of drug-likeness (QED) is 0.842. The van der Waals surface area contributed by atoms with Gasteiger partial charge in [0.15, 0.2) is 0 Å². The molecule has 2 rings (SSSR count). The first-order chi connectivity index (χ1) is 9.49. The van der Waals surface area contributed by atoms with E-state index in [1.807, 2.05) is 0 Å². The molecule has 0 aliphatic heterocycles. The van der Waals surface area contributed by atoms with E-state index < -0.39 is 10.0 Å². The van der Waals surface area contributed by atoms with E-state index in [-0.39, 0.29) is 4.90 Å². The van der Waals surface area contributed by atoms with E-state index in [0.29, 0.717) is 18.2 Å². The molecule has 0 bridgehead atoms. The van der Waals surface area contributed by atoms with Crippen LogP contribution in [0.5, 0.6) is 5.88 Å². The Kier molecular flexibility index (Phi) is 4.16. The number of nitrogens with zero attached hydrogens (tertiary/aromatic N) is 2. The molecular formula is C12H14N4O3S. The second-order valence-electron chi connectivity index (χ2n) is 3.99. The number of ether oxygens (including phenoxy) is 1. The maximum Gasteiger partial charge on any atom is 0.238 e. The number of nitrogens with one attached hydrogen (secondary N) is 1. The highest BCUT2D eigenvalue weighted by molar-refractivity contribution is 7.89. The van der Waals surface area contributed by atoms with Crippen LogP contribution in [0.2, 0.25) is 0 Å². The summed E-state index contributed by atoms with van der Waals surface area (Å²) in [4.78, 5) is 8.21. The summed E-state index contributed by atoms with van der Waals surface area (Å²) >= 11 is 0. The van der Waals surface area contributed by atoms with Crippen molar-refractivity contribution in [1.29, 1.82) is 0 Å². The van der Waals surface area contributed by atoms with Gasteiger partial charge in [-0.3, -0.25) is 4.98 Å². The van der Waals surface area contributed by atoms with Crippen LogP contribution in [0.3, 0.4) is 0 Å². The Morgan fingerprint density at radius 1 is 1.25 bits per heavy atom. The van der Waals surface area contributed by atoms with Crippen LogP contribution in [0.4, 0.5) is 5.82 Å². The van der Waals surface area contributed by atoms with Crippen LogP contribution in [-0.2, 0) is 16.6 Å². The van der Waals surface area contributed by atoms with Gasteiger partial charge in [-0.05, 0) is 17.7 Å². The number of aromatic nitrogens is 2. The predicted molar refractivity (Wildman–Crippen MR) is 73.7 cm³/mol. The molecule has 1 heterocycles. The van der Waals surface area contributed by atoms with Crippen molar-refractivity contribution >= 4 is 15.8 Å². The Hall–Kier alpha value is -2.19. The van der Waals surface area contributed by atoms with Crippen molar-refractivity contribution in [2.24, 2.45) is 5.14 Å². The largest absolute Gasteiger partial charge is 0.480 e. The van der Waals surface area contributed by atoms with Crippen molar-refractivity contribution in [1.82, 2.24) is 9.97 Å². The molecular weight excluding hydrogens is 280 g/mol. The minimum atomic E-state index is -3.65. The molecule has 1 aromatic heterocycles. The fourth-order valence-electron chi connectivity index (χ4n) is 1.52. The van der Waals surface area contributed by atoms with Crippen LogP contribution in [0.15, 0.2) is 41.6 Å². The van der Waals surface area contributed by atoms with Gasteiger partial charge in [0.1, 0.15) is 5.82 Å². The minimum absolute atomic E-state index is 0.0856. The molecule has 0 radical (unpaired) electrons. The molecule has 8 heteroatoms. The number of hydrogen-bond acceptors (Lipinski definition) is 6. The topological polar surface area (TPSA) is 107 Å². The number of primary sulfonamides is 1. The number of rotatable bonds is 5. The highest BCUT2D eigenvalue weighted by Gasteiger charge is 2.06. The number of sulfonamides is 1. The summed E-state index contributed by atoms with van der Waals surface area (Å²) < 4.78 is 27.2. The van der Waals surface area contributed by atoms with Gasteiger partial charge in [-0.1, -0.05) is 12.1 Å². The summed E-state index contributed by atoms with van der Waals surface area (Å²) in [6, 6.07) is 6.29. The van der Waals surface area contributed by atoms with Crippen LogP contribution in [0.25, 0.3) is 0 Å². The van der Waals surface area contributed by atoms with Crippen LogP contribution < -0.4 is 15.2 Å². The highest BCUT2D eigenvalue weighted by atomic mass is 32.2. The molecule has 0 atom stereocenters. The Morgan fingerprint density at radius 2 is 1.95 bits per heavy atom. The molecule has 2 aromatic rings.